The summed E-state index contributed by atoms with van der Waals surface area (Å²) in [6.45, 7) is 5.70. The van der Waals surface area contributed by atoms with Gasteiger partial charge in [-0.25, -0.2) is 0 Å². The van der Waals surface area contributed by atoms with E-state index in [4.69, 9.17) is 0 Å². The number of rotatable bonds is 6. The third kappa shape index (κ3) is 3.72. The Balaban J connectivity index is 2.25. The highest BCUT2D eigenvalue weighted by Gasteiger charge is 2.21. The molecule has 0 saturated carbocycles. The van der Waals surface area contributed by atoms with Crippen LogP contribution in [-0.2, 0) is 6.54 Å². The quantitative estimate of drug-likeness (QED) is 0.861. The molecule has 0 amide bonds. The molecule has 0 fully saturated rings. The molecule has 0 aliphatic heterocycles. The van der Waals surface area contributed by atoms with E-state index < -0.39 is 6.10 Å². The van der Waals surface area contributed by atoms with Crippen molar-refractivity contribution in [3.63, 3.8) is 0 Å². The number of halogens is 1. The lowest BCUT2D eigenvalue weighted by Crippen LogP contribution is -2.21. The van der Waals surface area contributed by atoms with Crippen molar-refractivity contribution in [2.75, 3.05) is 20.6 Å². The van der Waals surface area contributed by atoms with E-state index in [1.165, 1.54) is 0 Å². The van der Waals surface area contributed by atoms with Gasteiger partial charge in [-0.15, -0.1) is 0 Å². The van der Waals surface area contributed by atoms with Gasteiger partial charge in [0.2, 0.25) is 0 Å². The maximum atomic E-state index is 10.6. The minimum Gasteiger partial charge on any atom is -0.382 e. The van der Waals surface area contributed by atoms with E-state index in [1.54, 1.807) is 12.4 Å². The first-order valence-electron chi connectivity index (χ1n) is 6.98. The van der Waals surface area contributed by atoms with Gasteiger partial charge in [0.1, 0.15) is 6.10 Å². The van der Waals surface area contributed by atoms with Crippen molar-refractivity contribution in [3.05, 3.63) is 34.3 Å². The van der Waals surface area contributed by atoms with Crippen molar-refractivity contribution in [3.8, 4) is 0 Å². The van der Waals surface area contributed by atoms with E-state index in [1.807, 2.05) is 29.7 Å². The lowest BCUT2D eigenvalue weighted by molar-refractivity contribution is 0.204. The van der Waals surface area contributed by atoms with Gasteiger partial charge >= 0.3 is 0 Å². The molecule has 2 heterocycles. The fourth-order valence-electron chi connectivity index (χ4n) is 2.05. The topological polar surface area (TPSA) is 59.1 Å². The molecule has 6 nitrogen and oxygen atoms in total. The molecule has 2 rings (SSSR count). The van der Waals surface area contributed by atoms with Crippen LogP contribution in [0.4, 0.5) is 0 Å². The maximum absolute atomic E-state index is 10.6. The lowest BCUT2D eigenvalue weighted by atomic mass is 10.1. The molecule has 2 aromatic rings. The summed E-state index contributed by atoms with van der Waals surface area (Å²) < 4.78 is 4.49. The average molecular weight is 356 g/mol. The van der Waals surface area contributed by atoms with Crippen LogP contribution in [0.1, 0.15) is 37.3 Å². The zero-order valence-corrected chi connectivity index (χ0v) is 14.4. The molecule has 0 spiro atoms. The van der Waals surface area contributed by atoms with Crippen LogP contribution in [-0.4, -0.2) is 50.2 Å². The first-order valence-corrected chi connectivity index (χ1v) is 7.77. The highest BCUT2D eigenvalue weighted by atomic mass is 79.9. The van der Waals surface area contributed by atoms with Gasteiger partial charge < -0.3 is 10.0 Å². The van der Waals surface area contributed by atoms with E-state index in [-0.39, 0.29) is 6.04 Å². The third-order valence-corrected chi connectivity index (χ3v) is 3.93. The second kappa shape index (κ2) is 6.72. The molecule has 21 heavy (non-hydrogen) atoms. The molecule has 0 saturated heterocycles. The highest BCUT2D eigenvalue weighted by molar-refractivity contribution is 9.10. The molecule has 1 unspecified atom stereocenters. The second-order valence-corrected chi connectivity index (χ2v) is 6.51. The lowest BCUT2D eigenvalue weighted by Gasteiger charge is -2.15. The van der Waals surface area contributed by atoms with Gasteiger partial charge in [0.25, 0.3) is 0 Å². The van der Waals surface area contributed by atoms with Gasteiger partial charge in [-0.2, -0.15) is 10.2 Å². The van der Waals surface area contributed by atoms with E-state index >= 15 is 0 Å². The van der Waals surface area contributed by atoms with E-state index in [0.717, 1.165) is 28.8 Å². The molecule has 0 aliphatic carbocycles. The zero-order valence-electron chi connectivity index (χ0n) is 12.9. The van der Waals surface area contributed by atoms with Gasteiger partial charge in [-0.3, -0.25) is 9.36 Å². The summed E-state index contributed by atoms with van der Waals surface area (Å²) in [7, 11) is 4.03. The molecule has 0 bridgehead atoms. The summed E-state index contributed by atoms with van der Waals surface area (Å²) in [6.07, 6.45) is 4.57. The molecule has 2 aromatic heterocycles. The fourth-order valence-corrected chi connectivity index (χ4v) is 2.56. The molecule has 1 atom stereocenters. The molecule has 1 N–H and O–H groups in total. The number of aromatic nitrogens is 4. The molecule has 116 valence electrons. The minimum atomic E-state index is -0.739. The third-order valence-electron chi connectivity index (χ3n) is 3.32. The Labute approximate surface area is 133 Å². The Bertz CT molecular complexity index is 590. The van der Waals surface area contributed by atoms with Crippen molar-refractivity contribution in [2.24, 2.45) is 0 Å². The van der Waals surface area contributed by atoms with Gasteiger partial charge in [-0.1, -0.05) is 0 Å². The summed E-state index contributed by atoms with van der Waals surface area (Å²) >= 11 is 3.47. The molecule has 0 radical (unpaired) electrons. The van der Waals surface area contributed by atoms with Crippen LogP contribution in [0.15, 0.2) is 23.1 Å². The van der Waals surface area contributed by atoms with Crippen molar-refractivity contribution in [1.29, 1.82) is 0 Å². The number of hydrogen-bond acceptors (Lipinski definition) is 4. The number of hydrogen-bond donors (Lipinski definition) is 1. The minimum absolute atomic E-state index is 0.271. The predicted molar refractivity (Wildman–Crippen MR) is 85.2 cm³/mol. The monoisotopic (exact) mass is 355 g/mol. The first kappa shape index (κ1) is 16.2. The SMILES string of the molecule is CC(C)n1cc(C(O)c2c(Br)cnn2CCN(C)C)cn1. The summed E-state index contributed by atoms with van der Waals surface area (Å²) in [5.41, 5.74) is 1.54. The van der Waals surface area contributed by atoms with E-state index in [0.29, 0.717) is 0 Å². The fraction of sp³-hybridized carbons (Fsp3) is 0.571. The second-order valence-electron chi connectivity index (χ2n) is 5.65. The van der Waals surface area contributed by atoms with E-state index in [9.17, 15) is 5.11 Å². The van der Waals surface area contributed by atoms with Crippen LogP contribution in [0.3, 0.4) is 0 Å². The van der Waals surface area contributed by atoms with Crippen LogP contribution in [0.5, 0.6) is 0 Å². The number of likely N-dealkylation sites (N-methyl/N-ethyl adjacent to an activating group) is 1. The number of aliphatic hydroxyl groups is 1. The van der Waals surface area contributed by atoms with Gasteiger partial charge in [0.05, 0.1) is 29.1 Å². The van der Waals surface area contributed by atoms with Gasteiger partial charge in [-0.05, 0) is 43.9 Å². The smallest absolute Gasteiger partial charge is 0.125 e. The predicted octanol–water partition coefficient (Wildman–Crippen LogP) is 2.07. The molecular formula is C14H22BrN5O. The Morgan fingerprint density at radius 3 is 2.57 bits per heavy atom. The van der Waals surface area contributed by atoms with Crippen molar-refractivity contribution < 1.29 is 5.11 Å². The Morgan fingerprint density at radius 1 is 1.29 bits per heavy atom. The standard InChI is InChI=1S/C14H22BrN5O/c1-10(2)20-9-11(7-16-20)14(21)13-12(15)8-17-19(13)6-5-18(3)4/h7-10,14,21H,5-6H2,1-4H3. The van der Waals surface area contributed by atoms with Gasteiger partial charge in [0.15, 0.2) is 0 Å². The van der Waals surface area contributed by atoms with Crippen molar-refractivity contribution >= 4 is 15.9 Å². The highest BCUT2D eigenvalue weighted by Crippen LogP contribution is 2.28. The Hall–Kier alpha value is -1.18. The van der Waals surface area contributed by atoms with Crippen molar-refractivity contribution in [1.82, 2.24) is 24.5 Å². The Kier molecular flexibility index (Phi) is 5.18. The van der Waals surface area contributed by atoms with Crippen LogP contribution in [0.25, 0.3) is 0 Å². The summed E-state index contributed by atoms with van der Waals surface area (Å²) in [5.74, 6) is 0. The molecule has 7 heteroatoms. The molecule has 0 aliphatic rings. The van der Waals surface area contributed by atoms with Crippen molar-refractivity contribution in [2.45, 2.75) is 32.5 Å². The van der Waals surface area contributed by atoms with Crippen LogP contribution >= 0.6 is 15.9 Å². The first-order chi connectivity index (χ1) is 9.90. The largest absolute Gasteiger partial charge is 0.382 e. The van der Waals surface area contributed by atoms with Crippen LogP contribution in [0, 0.1) is 0 Å². The van der Waals surface area contributed by atoms with Gasteiger partial charge in [0, 0.05) is 24.3 Å². The molecular weight excluding hydrogens is 334 g/mol. The number of aliphatic hydroxyl groups excluding tert-OH is 1. The summed E-state index contributed by atoms with van der Waals surface area (Å²) in [6, 6.07) is 0.271. The normalized spacial score (nSPS) is 13.3. The zero-order chi connectivity index (χ0) is 15.6. The Morgan fingerprint density at radius 2 is 2.00 bits per heavy atom. The maximum Gasteiger partial charge on any atom is 0.125 e. The summed E-state index contributed by atoms with van der Waals surface area (Å²) in [5, 5.41) is 19.3. The van der Waals surface area contributed by atoms with Crippen LogP contribution in [0.2, 0.25) is 0 Å². The molecule has 0 aromatic carbocycles. The average Bonchev–Trinajstić information content (AvgIpc) is 3.02. The van der Waals surface area contributed by atoms with Crippen LogP contribution < -0.4 is 0 Å². The summed E-state index contributed by atoms with van der Waals surface area (Å²) in [4.78, 5) is 2.09. The van der Waals surface area contributed by atoms with E-state index in [2.05, 4.69) is 44.9 Å². The number of nitrogens with zero attached hydrogens (tertiary/aromatic N) is 5.